The summed E-state index contributed by atoms with van der Waals surface area (Å²) in [5.41, 5.74) is -0.206. The first-order chi connectivity index (χ1) is 5.15. The fraction of sp³-hybridized carbons (Fsp3) is 0.889. The molecule has 0 spiro atoms. The van der Waals surface area contributed by atoms with Crippen LogP contribution in [-0.2, 0) is 4.79 Å². The van der Waals surface area contributed by atoms with Crippen molar-refractivity contribution in [2.24, 2.45) is 17.3 Å². The summed E-state index contributed by atoms with van der Waals surface area (Å²) < 4.78 is 0. The molecule has 2 saturated carbocycles. The van der Waals surface area contributed by atoms with Crippen LogP contribution in [-0.4, -0.2) is 17.5 Å². The fourth-order valence-corrected chi connectivity index (χ4v) is 2.90. The maximum Gasteiger partial charge on any atom is 0.126 e. The van der Waals surface area contributed by atoms with Crippen molar-refractivity contribution in [3.8, 4) is 0 Å². The molecule has 0 aromatic carbocycles. The van der Waals surface area contributed by atoms with E-state index in [1.807, 2.05) is 6.92 Å². The lowest BCUT2D eigenvalue weighted by atomic mass is 9.75. The number of aliphatic hydroxyl groups excluding tert-OH is 1. The summed E-state index contributed by atoms with van der Waals surface area (Å²) in [6.45, 7) is 1.98. The summed E-state index contributed by atoms with van der Waals surface area (Å²) in [5, 5.41) is 9.53. The van der Waals surface area contributed by atoms with Crippen molar-refractivity contribution in [1.82, 2.24) is 0 Å². The van der Waals surface area contributed by atoms with Gasteiger partial charge in [-0.1, -0.05) is 6.92 Å². The van der Waals surface area contributed by atoms with Gasteiger partial charge in [-0.25, -0.2) is 0 Å². The number of rotatable bonds is 1. The third kappa shape index (κ3) is 0.853. The molecule has 2 rings (SSSR count). The van der Waals surface area contributed by atoms with E-state index in [1.54, 1.807) is 0 Å². The van der Waals surface area contributed by atoms with Crippen LogP contribution >= 0.6 is 0 Å². The van der Waals surface area contributed by atoms with E-state index in [2.05, 4.69) is 0 Å². The highest BCUT2D eigenvalue weighted by molar-refractivity contribution is 5.60. The Labute approximate surface area is 66.6 Å². The summed E-state index contributed by atoms with van der Waals surface area (Å²) >= 11 is 0. The van der Waals surface area contributed by atoms with Gasteiger partial charge in [0.1, 0.15) is 6.29 Å². The smallest absolute Gasteiger partial charge is 0.126 e. The Bertz CT molecular complexity index is 190. The molecule has 2 nitrogen and oxygen atoms in total. The van der Waals surface area contributed by atoms with Gasteiger partial charge in [0.15, 0.2) is 0 Å². The lowest BCUT2D eigenvalue weighted by molar-refractivity contribution is -0.120. The molecule has 1 N–H and O–H groups in total. The van der Waals surface area contributed by atoms with Gasteiger partial charge in [-0.15, -0.1) is 0 Å². The predicted molar refractivity (Wildman–Crippen MR) is 41.0 cm³/mol. The molecule has 0 heterocycles. The second kappa shape index (κ2) is 2.07. The Morgan fingerprint density at radius 2 is 2.27 bits per heavy atom. The molecule has 4 atom stereocenters. The van der Waals surface area contributed by atoms with Gasteiger partial charge in [0.05, 0.1) is 6.10 Å². The van der Waals surface area contributed by atoms with E-state index in [1.165, 1.54) is 0 Å². The maximum atomic E-state index is 10.8. The second-order valence-electron chi connectivity index (χ2n) is 4.34. The van der Waals surface area contributed by atoms with Crippen molar-refractivity contribution in [2.75, 3.05) is 0 Å². The van der Waals surface area contributed by atoms with E-state index >= 15 is 0 Å². The van der Waals surface area contributed by atoms with Crippen molar-refractivity contribution >= 4 is 6.29 Å². The minimum Gasteiger partial charge on any atom is -0.393 e. The third-order valence-electron chi connectivity index (χ3n) is 3.47. The molecule has 62 valence electrons. The monoisotopic (exact) mass is 154 g/mol. The van der Waals surface area contributed by atoms with E-state index in [9.17, 15) is 9.90 Å². The van der Waals surface area contributed by atoms with Crippen molar-refractivity contribution < 1.29 is 9.90 Å². The Morgan fingerprint density at radius 1 is 1.55 bits per heavy atom. The lowest BCUT2D eigenvalue weighted by Gasteiger charge is -2.31. The number of aliphatic hydroxyl groups is 1. The van der Waals surface area contributed by atoms with Gasteiger partial charge >= 0.3 is 0 Å². The summed E-state index contributed by atoms with van der Waals surface area (Å²) in [7, 11) is 0. The summed E-state index contributed by atoms with van der Waals surface area (Å²) in [4.78, 5) is 10.8. The zero-order valence-electron chi connectivity index (χ0n) is 6.79. The zero-order chi connectivity index (χ0) is 8.06. The van der Waals surface area contributed by atoms with Crippen molar-refractivity contribution in [1.29, 1.82) is 0 Å². The maximum absolute atomic E-state index is 10.8. The largest absolute Gasteiger partial charge is 0.393 e. The van der Waals surface area contributed by atoms with E-state index < -0.39 is 0 Å². The first-order valence-electron chi connectivity index (χ1n) is 4.30. The highest BCUT2D eigenvalue weighted by Gasteiger charge is 2.52. The quantitative estimate of drug-likeness (QED) is 0.572. The van der Waals surface area contributed by atoms with Gasteiger partial charge in [-0.05, 0) is 31.1 Å². The number of carbonyl (C=O) groups is 1. The van der Waals surface area contributed by atoms with Crippen molar-refractivity contribution in [3.63, 3.8) is 0 Å². The molecule has 0 radical (unpaired) electrons. The van der Waals surface area contributed by atoms with Gasteiger partial charge in [-0.2, -0.15) is 0 Å². The van der Waals surface area contributed by atoms with E-state index in [0.717, 1.165) is 25.5 Å². The second-order valence-corrected chi connectivity index (χ2v) is 4.34. The molecular formula is C9H14O2. The molecule has 0 aromatic heterocycles. The minimum atomic E-state index is -0.206. The van der Waals surface area contributed by atoms with Crippen LogP contribution in [0.2, 0.25) is 0 Å². The van der Waals surface area contributed by atoms with Crippen LogP contribution in [0.15, 0.2) is 0 Å². The van der Waals surface area contributed by atoms with Gasteiger partial charge in [0, 0.05) is 5.41 Å². The molecule has 4 unspecified atom stereocenters. The van der Waals surface area contributed by atoms with Crippen LogP contribution < -0.4 is 0 Å². The van der Waals surface area contributed by atoms with Crippen LogP contribution in [0.25, 0.3) is 0 Å². The van der Waals surface area contributed by atoms with Gasteiger partial charge in [0.2, 0.25) is 0 Å². The van der Waals surface area contributed by atoms with Crippen molar-refractivity contribution in [3.05, 3.63) is 0 Å². The number of carbonyl (C=O) groups excluding carboxylic acids is 1. The average molecular weight is 154 g/mol. The summed E-state index contributed by atoms with van der Waals surface area (Å²) in [6, 6.07) is 0. The Kier molecular flexibility index (Phi) is 1.37. The van der Waals surface area contributed by atoms with Gasteiger partial charge in [-0.3, -0.25) is 0 Å². The average Bonchev–Trinajstić information content (AvgIpc) is 2.44. The summed E-state index contributed by atoms with van der Waals surface area (Å²) in [5.74, 6) is 0.871. The molecule has 2 aliphatic carbocycles. The van der Waals surface area contributed by atoms with Crippen LogP contribution in [0.3, 0.4) is 0 Å². The number of aldehydes is 1. The van der Waals surface area contributed by atoms with Gasteiger partial charge in [0.25, 0.3) is 0 Å². The normalized spacial score (nSPS) is 54.9. The Morgan fingerprint density at radius 3 is 2.64 bits per heavy atom. The van der Waals surface area contributed by atoms with E-state index in [-0.39, 0.29) is 17.4 Å². The molecule has 2 heteroatoms. The molecule has 0 aromatic rings. The van der Waals surface area contributed by atoms with Crippen molar-refractivity contribution in [2.45, 2.75) is 32.3 Å². The van der Waals surface area contributed by atoms with Crippen LogP contribution in [0.4, 0.5) is 0 Å². The number of fused-ring (bicyclic) bond motifs is 2. The molecular weight excluding hydrogens is 140 g/mol. The van der Waals surface area contributed by atoms with E-state index in [4.69, 9.17) is 0 Å². The highest BCUT2D eigenvalue weighted by Crippen LogP contribution is 2.54. The van der Waals surface area contributed by atoms with Crippen LogP contribution in [0, 0.1) is 17.3 Å². The number of hydrogen-bond acceptors (Lipinski definition) is 2. The Hall–Kier alpha value is -0.370. The molecule has 2 aliphatic rings. The third-order valence-corrected chi connectivity index (χ3v) is 3.47. The molecule has 0 amide bonds. The molecule has 11 heavy (non-hydrogen) atoms. The van der Waals surface area contributed by atoms with Crippen LogP contribution in [0.1, 0.15) is 26.2 Å². The molecule has 2 bridgehead atoms. The minimum absolute atomic E-state index is 0.205. The highest BCUT2D eigenvalue weighted by atomic mass is 16.3. The predicted octanol–water partition coefficient (Wildman–Crippen LogP) is 0.982. The fourth-order valence-electron chi connectivity index (χ4n) is 2.90. The summed E-state index contributed by atoms with van der Waals surface area (Å²) in [6.07, 6.45) is 3.83. The first-order valence-corrected chi connectivity index (χ1v) is 4.30. The first kappa shape index (κ1) is 7.29. The number of hydrogen-bond donors (Lipinski definition) is 1. The SMILES string of the molecule is CC1(C=O)CC2CC(O)C1C2. The van der Waals surface area contributed by atoms with Crippen LogP contribution in [0.5, 0.6) is 0 Å². The zero-order valence-corrected chi connectivity index (χ0v) is 6.79. The van der Waals surface area contributed by atoms with Gasteiger partial charge < -0.3 is 9.90 Å². The molecule has 0 aliphatic heterocycles. The topological polar surface area (TPSA) is 37.3 Å². The standard InChI is InChI=1S/C9H14O2/c1-9(5-10)4-6-2-7(9)8(11)3-6/h5-8,11H,2-4H2,1H3. The molecule has 2 fully saturated rings. The Balaban J connectivity index is 2.24. The molecule has 0 saturated heterocycles. The van der Waals surface area contributed by atoms with E-state index in [0.29, 0.717) is 5.92 Å². The lowest BCUT2D eigenvalue weighted by Crippen LogP contribution is -2.34.